The third-order valence-corrected chi connectivity index (χ3v) is 4.93. The van der Waals surface area contributed by atoms with E-state index in [0.29, 0.717) is 0 Å². The average Bonchev–Trinajstić information content (AvgIpc) is 2.98. The molecular formula is C15H27NO. The molecule has 0 spiro atoms. The van der Waals surface area contributed by atoms with Gasteiger partial charge in [0.25, 0.3) is 0 Å². The minimum Gasteiger partial charge on any atom is -0.305 e. The monoisotopic (exact) mass is 237 g/mol. The van der Waals surface area contributed by atoms with Crippen LogP contribution in [0.1, 0.15) is 46.0 Å². The quantitative estimate of drug-likeness (QED) is 0.685. The second-order valence-electron chi connectivity index (χ2n) is 6.83. The van der Waals surface area contributed by atoms with Gasteiger partial charge in [0, 0.05) is 18.5 Å². The van der Waals surface area contributed by atoms with Crippen LogP contribution in [0.2, 0.25) is 0 Å². The standard InChI is InChI=1S/C15H27NO/c1-12-4-6-15(11-17,7-5-12)10-16(3)9-14-8-13(14)2/h11-14H,4-10H2,1-3H3. The first kappa shape index (κ1) is 13.1. The van der Waals surface area contributed by atoms with Gasteiger partial charge in [-0.05, 0) is 56.9 Å². The topological polar surface area (TPSA) is 20.3 Å². The zero-order valence-electron chi connectivity index (χ0n) is 11.6. The molecule has 2 nitrogen and oxygen atoms in total. The zero-order valence-corrected chi connectivity index (χ0v) is 11.6. The fraction of sp³-hybridized carbons (Fsp3) is 0.933. The highest BCUT2D eigenvalue weighted by Gasteiger charge is 2.38. The molecule has 2 saturated carbocycles. The summed E-state index contributed by atoms with van der Waals surface area (Å²) >= 11 is 0. The molecule has 0 N–H and O–H groups in total. The smallest absolute Gasteiger partial charge is 0.127 e. The lowest BCUT2D eigenvalue weighted by Crippen LogP contribution is -2.40. The van der Waals surface area contributed by atoms with E-state index in [1.165, 1.54) is 32.1 Å². The zero-order chi connectivity index (χ0) is 12.5. The first-order chi connectivity index (χ1) is 8.04. The van der Waals surface area contributed by atoms with E-state index in [4.69, 9.17) is 0 Å². The van der Waals surface area contributed by atoms with Crippen molar-refractivity contribution in [2.45, 2.75) is 46.0 Å². The second-order valence-corrected chi connectivity index (χ2v) is 6.83. The van der Waals surface area contributed by atoms with Crippen LogP contribution in [-0.2, 0) is 4.79 Å². The summed E-state index contributed by atoms with van der Waals surface area (Å²) in [6.45, 7) is 6.80. The first-order valence-corrected chi connectivity index (χ1v) is 7.19. The van der Waals surface area contributed by atoms with Gasteiger partial charge in [-0.2, -0.15) is 0 Å². The number of carbonyl (C=O) groups is 1. The van der Waals surface area contributed by atoms with E-state index in [1.807, 2.05) is 0 Å². The Labute approximate surface area is 106 Å². The minimum atomic E-state index is -0.0284. The van der Waals surface area contributed by atoms with Crippen LogP contribution in [0.4, 0.5) is 0 Å². The number of nitrogens with zero attached hydrogens (tertiary/aromatic N) is 1. The highest BCUT2D eigenvalue weighted by Crippen LogP contribution is 2.40. The van der Waals surface area contributed by atoms with Crippen LogP contribution in [0, 0.1) is 23.2 Å². The molecule has 17 heavy (non-hydrogen) atoms. The van der Waals surface area contributed by atoms with Crippen LogP contribution < -0.4 is 0 Å². The summed E-state index contributed by atoms with van der Waals surface area (Å²) in [5, 5.41) is 0. The predicted octanol–water partition coefficient (Wildman–Crippen LogP) is 2.97. The molecule has 98 valence electrons. The molecule has 0 bridgehead atoms. The fourth-order valence-electron chi connectivity index (χ4n) is 3.31. The highest BCUT2D eigenvalue weighted by molar-refractivity contribution is 5.60. The van der Waals surface area contributed by atoms with Gasteiger partial charge in [-0.15, -0.1) is 0 Å². The van der Waals surface area contributed by atoms with Gasteiger partial charge in [0.1, 0.15) is 6.29 Å². The van der Waals surface area contributed by atoms with Crippen LogP contribution >= 0.6 is 0 Å². The van der Waals surface area contributed by atoms with Gasteiger partial charge >= 0.3 is 0 Å². The van der Waals surface area contributed by atoms with Crippen LogP contribution in [0.15, 0.2) is 0 Å². The van der Waals surface area contributed by atoms with Crippen molar-refractivity contribution in [3.8, 4) is 0 Å². The molecule has 0 aliphatic heterocycles. The molecule has 0 aromatic heterocycles. The Morgan fingerprint density at radius 2 is 1.88 bits per heavy atom. The van der Waals surface area contributed by atoms with Crippen molar-refractivity contribution in [2.24, 2.45) is 23.2 Å². The SMILES string of the molecule is CC1CCC(C=O)(CN(C)CC2CC2C)CC1. The molecule has 0 heterocycles. The second kappa shape index (κ2) is 5.09. The molecule has 0 aromatic rings. The Morgan fingerprint density at radius 3 is 2.35 bits per heavy atom. The molecule has 0 amide bonds. The summed E-state index contributed by atoms with van der Waals surface area (Å²) in [5.74, 6) is 2.62. The van der Waals surface area contributed by atoms with E-state index in [2.05, 4.69) is 25.8 Å². The lowest BCUT2D eigenvalue weighted by atomic mass is 9.71. The molecule has 0 aromatic carbocycles. The summed E-state index contributed by atoms with van der Waals surface area (Å²) in [7, 11) is 2.19. The maximum absolute atomic E-state index is 11.5. The van der Waals surface area contributed by atoms with Gasteiger partial charge in [-0.3, -0.25) is 0 Å². The summed E-state index contributed by atoms with van der Waals surface area (Å²) < 4.78 is 0. The van der Waals surface area contributed by atoms with E-state index in [-0.39, 0.29) is 5.41 Å². The summed E-state index contributed by atoms with van der Waals surface area (Å²) in [5.41, 5.74) is -0.0284. The largest absolute Gasteiger partial charge is 0.305 e. The molecule has 0 saturated heterocycles. The Morgan fingerprint density at radius 1 is 1.29 bits per heavy atom. The molecule has 0 radical (unpaired) electrons. The van der Waals surface area contributed by atoms with E-state index in [0.717, 1.165) is 37.1 Å². The maximum Gasteiger partial charge on any atom is 0.127 e. The van der Waals surface area contributed by atoms with Crippen molar-refractivity contribution in [3.63, 3.8) is 0 Å². The van der Waals surface area contributed by atoms with Gasteiger partial charge in [0.15, 0.2) is 0 Å². The third kappa shape index (κ3) is 3.31. The average molecular weight is 237 g/mol. The van der Waals surface area contributed by atoms with Crippen molar-refractivity contribution < 1.29 is 4.79 Å². The minimum absolute atomic E-state index is 0.0284. The van der Waals surface area contributed by atoms with Gasteiger partial charge in [0.05, 0.1) is 0 Å². The van der Waals surface area contributed by atoms with Gasteiger partial charge in [-0.1, -0.05) is 13.8 Å². The predicted molar refractivity (Wildman–Crippen MR) is 70.9 cm³/mol. The Kier molecular flexibility index (Phi) is 3.92. The number of rotatable bonds is 5. The summed E-state index contributed by atoms with van der Waals surface area (Å²) in [6.07, 6.45) is 7.30. The van der Waals surface area contributed by atoms with Crippen molar-refractivity contribution in [1.82, 2.24) is 4.90 Å². The molecule has 2 fully saturated rings. The van der Waals surface area contributed by atoms with Crippen LogP contribution in [0.3, 0.4) is 0 Å². The number of hydrogen-bond acceptors (Lipinski definition) is 2. The molecule has 2 aliphatic rings. The molecule has 2 aliphatic carbocycles. The van der Waals surface area contributed by atoms with E-state index < -0.39 is 0 Å². The Balaban J connectivity index is 1.83. The highest BCUT2D eigenvalue weighted by atomic mass is 16.1. The molecule has 2 rings (SSSR count). The van der Waals surface area contributed by atoms with E-state index >= 15 is 0 Å². The van der Waals surface area contributed by atoms with Crippen molar-refractivity contribution >= 4 is 6.29 Å². The number of carbonyl (C=O) groups excluding carboxylic acids is 1. The summed E-state index contributed by atoms with van der Waals surface area (Å²) in [6, 6.07) is 0. The van der Waals surface area contributed by atoms with E-state index in [9.17, 15) is 4.79 Å². The third-order valence-electron chi connectivity index (χ3n) is 4.93. The fourth-order valence-corrected chi connectivity index (χ4v) is 3.31. The maximum atomic E-state index is 11.5. The summed E-state index contributed by atoms with van der Waals surface area (Å²) in [4.78, 5) is 13.9. The van der Waals surface area contributed by atoms with Crippen LogP contribution in [-0.4, -0.2) is 31.3 Å². The Hall–Kier alpha value is -0.370. The van der Waals surface area contributed by atoms with Crippen LogP contribution in [0.25, 0.3) is 0 Å². The van der Waals surface area contributed by atoms with Crippen molar-refractivity contribution in [1.29, 1.82) is 0 Å². The lowest BCUT2D eigenvalue weighted by molar-refractivity contribution is -0.119. The number of aldehydes is 1. The molecule has 2 unspecified atom stereocenters. The van der Waals surface area contributed by atoms with Crippen LogP contribution in [0.5, 0.6) is 0 Å². The molecule has 2 atom stereocenters. The molecule has 2 heteroatoms. The normalized spacial score (nSPS) is 41.5. The molecular weight excluding hydrogens is 210 g/mol. The lowest BCUT2D eigenvalue weighted by Gasteiger charge is -2.37. The van der Waals surface area contributed by atoms with Gasteiger partial charge in [0.2, 0.25) is 0 Å². The van der Waals surface area contributed by atoms with Gasteiger partial charge < -0.3 is 9.69 Å². The van der Waals surface area contributed by atoms with Crippen molar-refractivity contribution in [2.75, 3.05) is 20.1 Å². The number of hydrogen-bond donors (Lipinski definition) is 0. The Bertz CT molecular complexity index is 268. The van der Waals surface area contributed by atoms with Gasteiger partial charge in [-0.25, -0.2) is 0 Å². The first-order valence-electron chi connectivity index (χ1n) is 7.19. The van der Waals surface area contributed by atoms with E-state index in [1.54, 1.807) is 0 Å². The van der Waals surface area contributed by atoms with Crippen molar-refractivity contribution in [3.05, 3.63) is 0 Å².